The second-order valence-electron chi connectivity index (χ2n) is 4.62. The van der Waals surface area contributed by atoms with Gasteiger partial charge in [-0.25, -0.2) is 14.3 Å². The monoisotopic (exact) mass is 292 g/mol. The fraction of sp³-hybridized carbons (Fsp3) is 0.214. The molecule has 1 aliphatic rings. The van der Waals surface area contributed by atoms with Crippen LogP contribution in [0.15, 0.2) is 51.9 Å². The van der Waals surface area contributed by atoms with Gasteiger partial charge in [-0.1, -0.05) is 17.7 Å². The van der Waals surface area contributed by atoms with E-state index in [0.29, 0.717) is 29.9 Å². The van der Waals surface area contributed by atoms with Crippen molar-refractivity contribution in [3.63, 3.8) is 0 Å². The number of benzene rings is 1. The molecule has 0 atom stereocenters. The third-order valence-electron chi connectivity index (χ3n) is 3.21. The molecule has 6 heteroatoms. The first-order chi connectivity index (χ1) is 9.45. The number of hydrogen-bond acceptors (Lipinski definition) is 4. The molecule has 0 unspecified atom stereocenters. The molecule has 1 aromatic carbocycles. The number of carbonyl (C=O) groups excluding carboxylic acids is 1. The average molecular weight is 292 g/mol. The Morgan fingerprint density at radius 3 is 2.30 bits per heavy atom. The van der Waals surface area contributed by atoms with Gasteiger partial charge in [-0.2, -0.15) is 0 Å². The highest BCUT2D eigenvalue weighted by molar-refractivity contribution is 7.95. The molecule has 2 rings (SSSR count). The van der Waals surface area contributed by atoms with E-state index in [1.54, 1.807) is 30.3 Å². The first-order valence-corrected chi connectivity index (χ1v) is 7.64. The number of amides is 1. The van der Waals surface area contributed by atoms with Crippen LogP contribution in [0.3, 0.4) is 0 Å². The fourth-order valence-electron chi connectivity index (χ4n) is 1.98. The summed E-state index contributed by atoms with van der Waals surface area (Å²) in [6.45, 7) is 1.90. The molecule has 0 bridgehead atoms. The second kappa shape index (κ2) is 5.60. The normalized spacial score (nSPS) is 15.3. The van der Waals surface area contributed by atoms with Crippen molar-refractivity contribution in [3.05, 3.63) is 52.6 Å². The number of allylic oxidation sites excluding steroid dienone is 4. The molecule has 20 heavy (non-hydrogen) atoms. The van der Waals surface area contributed by atoms with Crippen LogP contribution in [0, 0.1) is 6.92 Å². The summed E-state index contributed by atoms with van der Waals surface area (Å²) in [6.07, 6.45) is 4.34. The minimum Gasteiger partial charge on any atom is -0.277 e. The summed E-state index contributed by atoms with van der Waals surface area (Å²) in [5.74, 6) is 5.45. The zero-order valence-corrected chi connectivity index (χ0v) is 11.9. The molecule has 0 aromatic heterocycles. The van der Waals surface area contributed by atoms with Gasteiger partial charge in [0.25, 0.3) is 0 Å². The Labute approximate surface area is 118 Å². The zero-order chi connectivity index (χ0) is 14.8. The summed E-state index contributed by atoms with van der Waals surface area (Å²) in [5.41, 5.74) is 1.61. The molecule has 0 saturated heterocycles. The van der Waals surface area contributed by atoms with Gasteiger partial charge in [-0.15, -0.1) is 0 Å². The molecule has 0 spiro atoms. The average Bonchev–Trinajstić information content (AvgIpc) is 2.47. The van der Waals surface area contributed by atoms with E-state index in [-0.39, 0.29) is 4.90 Å². The van der Waals surface area contributed by atoms with E-state index < -0.39 is 9.84 Å². The van der Waals surface area contributed by atoms with Crippen molar-refractivity contribution in [2.45, 2.75) is 24.7 Å². The van der Waals surface area contributed by atoms with Crippen LogP contribution in [0.2, 0.25) is 0 Å². The number of aryl methyl sites for hydroxylation is 1. The molecule has 1 aliphatic carbocycles. The Kier molecular flexibility index (Phi) is 4.06. The molecule has 1 aromatic rings. The minimum atomic E-state index is -3.47. The molecular formula is C14H16N2O3S. The maximum atomic E-state index is 12.4. The standard InChI is InChI=1S/C14H16N2O3S/c1-11-2-6-13(7-3-11)20(18,19)14-8-4-12(5-9-14)16(15)10-17/h2-4,6-8,10H,5,9,15H2,1H3. The summed E-state index contributed by atoms with van der Waals surface area (Å²) in [7, 11) is -3.47. The van der Waals surface area contributed by atoms with Crippen molar-refractivity contribution in [1.82, 2.24) is 5.01 Å². The maximum Gasteiger partial charge on any atom is 0.228 e. The van der Waals surface area contributed by atoms with Crippen LogP contribution in [-0.4, -0.2) is 19.8 Å². The summed E-state index contributed by atoms with van der Waals surface area (Å²) >= 11 is 0. The van der Waals surface area contributed by atoms with Crippen LogP contribution in [0.25, 0.3) is 0 Å². The summed E-state index contributed by atoms with van der Waals surface area (Å²) < 4.78 is 24.9. The molecule has 0 fully saturated rings. The third kappa shape index (κ3) is 2.81. The van der Waals surface area contributed by atoms with Gasteiger partial charge in [0.05, 0.1) is 4.90 Å². The molecule has 5 nitrogen and oxygen atoms in total. The fourth-order valence-corrected chi connectivity index (χ4v) is 3.40. The van der Waals surface area contributed by atoms with Gasteiger partial charge in [0.15, 0.2) is 0 Å². The minimum absolute atomic E-state index is 0.284. The lowest BCUT2D eigenvalue weighted by molar-refractivity contribution is -0.116. The lowest BCUT2D eigenvalue weighted by Crippen LogP contribution is -2.29. The Bertz CT molecular complexity index is 673. The Morgan fingerprint density at radius 1 is 1.15 bits per heavy atom. The highest BCUT2D eigenvalue weighted by atomic mass is 32.2. The lowest BCUT2D eigenvalue weighted by atomic mass is 10.1. The molecule has 2 N–H and O–H groups in total. The predicted octanol–water partition coefficient (Wildman–Crippen LogP) is 1.66. The number of hydrazine groups is 1. The molecule has 0 aliphatic heterocycles. The first-order valence-electron chi connectivity index (χ1n) is 6.16. The summed E-state index contributed by atoms with van der Waals surface area (Å²) in [4.78, 5) is 11.2. The number of rotatable bonds is 4. The van der Waals surface area contributed by atoms with Crippen molar-refractivity contribution in [2.75, 3.05) is 0 Å². The van der Waals surface area contributed by atoms with Crippen LogP contribution >= 0.6 is 0 Å². The van der Waals surface area contributed by atoms with Crippen molar-refractivity contribution >= 4 is 16.2 Å². The molecule has 106 valence electrons. The van der Waals surface area contributed by atoms with Crippen LogP contribution in [0.4, 0.5) is 0 Å². The van der Waals surface area contributed by atoms with Crippen LogP contribution in [0.1, 0.15) is 18.4 Å². The van der Waals surface area contributed by atoms with Gasteiger partial charge in [0, 0.05) is 10.6 Å². The van der Waals surface area contributed by atoms with E-state index in [0.717, 1.165) is 10.6 Å². The van der Waals surface area contributed by atoms with Gasteiger partial charge in [0.2, 0.25) is 16.2 Å². The highest BCUT2D eigenvalue weighted by Crippen LogP contribution is 2.28. The number of nitrogens with two attached hydrogens (primary N) is 1. The van der Waals surface area contributed by atoms with Gasteiger partial charge in [-0.05, 0) is 44.1 Å². The Morgan fingerprint density at radius 2 is 1.80 bits per heavy atom. The van der Waals surface area contributed by atoms with Gasteiger partial charge < -0.3 is 0 Å². The summed E-state index contributed by atoms with van der Waals surface area (Å²) in [6, 6.07) is 6.74. The predicted molar refractivity (Wildman–Crippen MR) is 75.9 cm³/mol. The van der Waals surface area contributed by atoms with E-state index in [9.17, 15) is 13.2 Å². The third-order valence-corrected chi connectivity index (χ3v) is 5.13. The molecule has 0 heterocycles. The van der Waals surface area contributed by atoms with Crippen molar-refractivity contribution in [2.24, 2.45) is 5.84 Å². The summed E-state index contributed by atoms with van der Waals surface area (Å²) in [5, 5.41) is 0.964. The topological polar surface area (TPSA) is 80.5 Å². The van der Waals surface area contributed by atoms with Crippen molar-refractivity contribution < 1.29 is 13.2 Å². The highest BCUT2D eigenvalue weighted by Gasteiger charge is 2.23. The van der Waals surface area contributed by atoms with Crippen LogP contribution in [0.5, 0.6) is 0 Å². The van der Waals surface area contributed by atoms with E-state index in [4.69, 9.17) is 5.84 Å². The van der Waals surface area contributed by atoms with E-state index >= 15 is 0 Å². The van der Waals surface area contributed by atoms with Crippen molar-refractivity contribution in [3.8, 4) is 0 Å². The number of hydrogen-bond donors (Lipinski definition) is 1. The lowest BCUT2D eigenvalue weighted by Gasteiger charge is -2.19. The van der Waals surface area contributed by atoms with E-state index in [1.807, 2.05) is 6.92 Å². The quantitative estimate of drug-likeness (QED) is 0.396. The van der Waals surface area contributed by atoms with Gasteiger partial charge in [0.1, 0.15) is 0 Å². The second-order valence-corrected chi connectivity index (χ2v) is 6.62. The zero-order valence-electron chi connectivity index (χ0n) is 11.1. The molecule has 1 amide bonds. The van der Waals surface area contributed by atoms with E-state index in [2.05, 4.69) is 0 Å². The number of carbonyl (C=O) groups is 1. The Hall–Kier alpha value is -1.92. The number of nitrogens with zero attached hydrogens (tertiary/aromatic N) is 1. The molecule has 0 saturated carbocycles. The molecular weight excluding hydrogens is 276 g/mol. The first kappa shape index (κ1) is 14.5. The van der Waals surface area contributed by atoms with Gasteiger partial charge >= 0.3 is 0 Å². The SMILES string of the molecule is Cc1ccc(S(=O)(=O)C2=CC=C(N(N)C=O)CC2)cc1. The largest absolute Gasteiger partial charge is 0.277 e. The van der Waals surface area contributed by atoms with Crippen molar-refractivity contribution in [1.29, 1.82) is 0 Å². The maximum absolute atomic E-state index is 12.4. The van der Waals surface area contributed by atoms with Crippen LogP contribution in [-0.2, 0) is 14.6 Å². The van der Waals surface area contributed by atoms with Gasteiger partial charge in [-0.3, -0.25) is 9.80 Å². The Balaban J connectivity index is 2.32. The smallest absolute Gasteiger partial charge is 0.228 e. The molecule has 0 radical (unpaired) electrons. The van der Waals surface area contributed by atoms with Crippen LogP contribution < -0.4 is 5.84 Å². The van der Waals surface area contributed by atoms with E-state index in [1.165, 1.54) is 6.08 Å². The number of sulfone groups is 1.